The van der Waals surface area contributed by atoms with Gasteiger partial charge in [-0.2, -0.15) is 18.3 Å². The smallest absolute Gasteiger partial charge is 0.354 e. The van der Waals surface area contributed by atoms with Crippen LogP contribution in [0.4, 0.5) is 13.2 Å². The quantitative estimate of drug-likeness (QED) is 0.754. The van der Waals surface area contributed by atoms with Crippen LogP contribution < -0.4 is 10.6 Å². The highest BCUT2D eigenvalue weighted by Crippen LogP contribution is 2.27. The summed E-state index contributed by atoms with van der Waals surface area (Å²) in [7, 11) is 0. The van der Waals surface area contributed by atoms with Crippen molar-refractivity contribution in [3.05, 3.63) is 17.5 Å². The molecule has 0 spiro atoms. The fourth-order valence-electron chi connectivity index (χ4n) is 1.89. The molecular formula is C11H13F3N4O2. The number of hydrogen-bond acceptors (Lipinski definition) is 3. The largest absolute Gasteiger partial charge is 0.432 e. The minimum atomic E-state index is -4.59. The Kier molecular flexibility index (Phi) is 3.96. The number of hydrogen-bond donors (Lipinski definition) is 3. The Morgan fingerprint density at radius 3 is 2.80 bits per heavy atom. The molecule has 3 N–H and O–H groups in total. The molecule has 6 nitrogen and oxygen atoms in total. The van der Waals surface area contributed by atoms with Gasteiger partial charge in [0.15, 0.2) is 5.69 Å². The van der Waals surface area contributed by atoms with Crippen molar-refractivity contribution in [3.63, 3.8) is 0 Å². The summed E-state index contributed by atoms with van der Waals surface area (Å²) >= 11 is 0. The molecule has 1 saturated heterocycles. The summed E-state index contributed by atoms with van der Waals surface area (Å²) in [5, 5.41) is 10.1. The van der Waals surface area contributed by atoms with Gasteiger partial charge in [-0.3, -0.25) is 14.7 Å². The highest BCUT2D eigenvalue weighted by atomic mass is 19.4. The third-order valence-electron chi connectivity index (χ3n) is 2.96. The molecule has 0 radical (unpaired) electrons. The molecule has 1 aromatic heterocycles. The normalized spacial score (nSPS) is 20.1. The van der Waals surface area contributed by atoms with Crippen LogP contribution in [0.15, 0.2) is 6.07 Å². The molecule has 1 fully saturated rings. The lowest BCUT2D eigenvalue weighted by molar-refractivity contribution is -0.141. The van der Waals surface area contributed by atoms with Gasteiger partial charge in [-0.05, 0) is 19.3 Å². The van der Waals surface area contributed by atoms with Crippen LogP contribution >= 0.6 is 0 Å². The molecule has 0 aliphatic carbocycles. The molecule has 2 heterocycles. The van der Waals surface area contributed by atoms with E-state index in [-0.39, 0.29) is 5.91 Å². The molecule has 1 aliphatic heterocycles. The summed E-state index contributed by atoms with van der Waals surface area (Å²) in [5.74, 6) is -1.14. The number of nitrogens with zero attached hydrogens (tertiary/aromatic N) is 1. The zero-order valence-electron chi connectivity index (χ0n) is 10.4. The van der Waals surface area contributed by atoms with Gasteiger partial charge in [0.25, 0.3) is 5.91 Å². The number of alkyl halides is 3. The SMILES string of the molecule is O=C(NC1CCCCNC1=O)c1cc(C(F)(F)F)[nH]n1. The van der Waals surface area contributed by atoms with Gasteiger partial charge in [-0.15, -0.1) is 0 Å². The van der Waals surface area contributed by atoms with Crippen molar-refractivity contribution in [2.75, 3.05) is 6.54 Å². The maximum atomic E-state index is 12.4. The number of rotatable bonds is 2. The molecule has 9 heteroatoms. The summed E-state index contributed by atoms with van der Waals surface area (Å²) < 4.78 is 37.1. The number of H-pyrrole nitrogens is 1. The minimum absolute atomic E-state index is 0.331. The first kappa shape index (κ1) is 14.4. The van der Waals surface area contributed by atoms with Gasteiger partial charge in [-0.1, -0.05) is 0 Å². The zero-order chi connectivity index (χ0) is 14.8. The molecule has 2 rings (SSSR count). The average molecular weight is 290 g/mol. The highest BCUT2D eigenvalue weighted by molar-refractivity contribution is 5.96. The van der Waals surface area contributed by atoms with E-state index in [0.29, 0.717) is 19.0 Å². The Morgan fingerprint density at radius 1 is 1.40 bits per heavy atom. The van der Waals surface area contributed by atoms with Gasteiger partial charge in [0, 0.05) is 12.6 Å². The van der Waals surface area contributed by atoms with Crippen LogP contribution in [0.2, 0.25) is 0 Å². The van der Waals surface area contributed by atoms with Crippen molar-refractivity contribution in [3.8, 4) is 0 Å². The monoisotopic (exact) mass is 290 g/mol. The standard InChI is InChI=1S/C11H13F3N4O2/c12-11(13,14)8-5-7(17-18-8)10(20)16-6-3-1-2-4-15-9(6)19/h5-6H,1-4H2,(H,15,19)(H,16,20)(H,17,18). The molecule has 0 aromatic carbocycles. The molecule has 2 amide bonds. The van der Waals surface area contributed by atoms with Crippen molar-refractivity contribution in [2.45, 2.75) is 31.5 Å². The van der Waals surface area contributed by atoms with Crippen molar-refractivity contribution < 1.29 is 22.8 Å². The summed E-state index contributed by atoms with van der Waals surface area (Å²) in [5.41, 5.74) is -1.50. The lowest BCUT2D eigenvalue weighted by Crippen LogP contribution is -2.45. The van der Waals surface area contributed by atoms with Gasteiger partial charge < -0.3 is 10.6 Å². The van der Waals surface area contributed by atoms with E-state index in [1.54, 1.807) is 5.10 Å². The Balaban J connectivity index is 2.04. The van der Waals surface area contributed by atoms with E-state index >= 15 is 0 Å². The average Bonchev–Trinajstić information content (AvgIpc) is 2.78. The molecule has 20 heavy (non-hydrogen) atoms. The third kappa shape index (κ3) is 3.28. The van der Waals surface area contributed by atoms with Gasteiger partial charge >= 0.3 is 6.18 Å². The van der Waals surface area contributed by atoms with Gasteiger partial charge in [0.2, 0.25) is 5.91 Å². The van der Waals surface area contributed by atoms with Crippen LogP contribution in [-0.2, 0) is 11.0 Å². The number of carbonyl (C=O) groups is 2. The number of aromatic amines is 1. The Morgan fingerprint density at radius 2 is 2.15 bits per heavy atom. The first-order chi connectivity index (χ1) is 9.38. The summed E-state index contributed by atoms with van der Waals surface area (Å²) in [4.78, 5) is 23.4. The van der Waals surface area contributed by atoms with Crippen molar-refractivity contribution in [1.82, 2.24) is 20.8 Å². The van der Waals surface area contributed by atoms with Gasteiger partial charge in [0.05, 0.1) is 0 Å². The number of halogens is 3. The number of amides is 2. The maximum Gasteiger partial charge on any atom is 0.432 e. The molecular weight excluding hydrogens is 277 g/mol. The van der Waals surface area contributed by atoms with Crippen LogP contribution in [0.3, 0.4) is 0 Å². The van der Waals surface area contributed by atoms with Gasteiger partial charge in [-0.25, -0.2) is 0 Å². The lowest BCUT2D eigenvalue weighted by atomic mass is 10.1. The first-order valence-electron chi connectivity index (χ1n) is 6.09. The summed E-state index contributed by atoms with van der Waals surface area (Å²) in [6.07, 6.45) is -2.59. The Labute approximate surface area is 112 Å². The van der Waals surface area contributed by atoms with E-state index in [2.05, 4.69) is 15.7 Å². The van der Waals surface area contributed by atoms with Crippen molar-refractivity contribution in [2.24, 2.45) is 0 Å². The second-order valence-corrected chi connectivity index (χ2v) is 4.48. The van der Waals surface area contributed by atoms with E-state index in [1.165, 1.54) is 0 Å². The van der Waals surface area contributed by atoms with Crippen LogP contribution in [0.25, 0.3) is 0 Å². The van der Waals surface area contributed by atoms with Crippen LogP contribution in [0, 0.1) is 0 Å². The molecule has 1 aliphatic rings. The zero-order valence-corrected chi connectivity index (χ0v) is 10.4. The van der Waals surface area contributed by atoms with E-state index in [4.69, 9.17) is 0 Å². The topological polar surface area (TPSA) is 86.9 Å². The fraction of sp³-hybridized carbons (Fsp3) is 0.545. The fourth-order valence-corrected chi connectivity index (χ4v) is 1.89. The molecule has 0 saturated carbocycles. The van der Waals surface area contributed by atoms with E-state index in [0.717, 1.165) is 12.8 Å². The second kappa shape index (κ2) is 5.51. The molecule has 1 unspecified atom stereocenters. The minimum Gasteiger partial charge on any atom is -0.354 e. The molecule has 0 bridgehead atoms. The third-order valence-corrected chi connectivity index (χ3v) is 2.96. The van der Waals surface area contributed by atoms with Crippen molar-refractivity contribution >= 4 is 11.8 Å². The molecule has 1 atom stereocenters. The Hall–Kier alpha value is -2.06. The first-order valence-corrected chi connectivity index (χ1v) is 6.09. The maximum absolute atomic E-state index is 12.4. The molecule has 1 aromatic rings. The van der Waals surface area contributed by atoms with Crippen molar-refractivity contribution in [1.29, 1.82) is 0 Å². The van der Waals surface area contributed by atoms with E-state index in [1.807, 2.05) is 0 Å². The predicted molar refractivity (Wildman–Crippen MR) is 61.7 cm³/mol. The van der Waals surface area contributed by atoms with E-state index in [9.17, 15) is 22.8 Å². The summed E-state index contributed by atoms with van der Waals surface area (Å²) in [6.45, 7) is 0.534. The predicted octanol–water partition coefficient (Wildman–Crippen LogP) is 0.827. The lowest BCUT2D eigenvalue weighted by Gasteiger charge is -2.13. The van der Waals surface area contributed by atoms with Crippen LogP contribution in [0.5, 0.6) is 0 Å². The number of carbonyl (C=O) groups excluding carboxylic acids is 2. The van der Waals surface area contributed by atoms with E-state index < -0.39 is 29.5 Å². The van der Waals surface area contributed by atoms with Gasteiger partial charge in [0.1, 0.15) is 11.7 Å². The summed E-state index contributed by atoms with van der Waals surface area (Å²) in [6, 6.07) is -0.125. The highest BCUT2D eigenvalue weighted by Gasteiger charge is 2.34. The second-order valence-electron chi connectivity index (χ2n) is 4.48. The number of aromatic nitrogens is 2. The Bertz CT molecular complexity index is 512. The number of nitrogens with one attached hydrogen (secondary N) is 3. The molecule has 110 valence electrons. The van der Waals surface area contributed by atoms with Crippen LogP contribution in [-0.4, -0.2) is 34.6 Å². The van der Waals surface area contributed by atoms with Crippen LogP contribution in [0.1, 0.15) is 35.4 Å².